The average Bonchev–Trinajstić information content (AvgIpc) is 2.67. The maximum Gasteiger partial charge on any atom is 0.192 e. The summed E-state index contributed by atoms with van der Waals surface area (Å²) in [6.45, 7) is 3.01. The number of hydrogen-bond donors (Lipinski definition) is 0. The van der Waals surface area contributed by atoms with E-state index in [1.54, 1.807) is 0 Å². The van der Waals surface area contributed by atoms with Gasteiger partial charge in [0.15, 0.2) is 5.78 Å². The molecule has 0 saturated carbocycles. The van der Waals surface area contributed by atoms with Crippen LogP contribution in [0.2, 0.25) is 0 Å². The van der Waals surface area contributed by atoms with Crippen molar-refractivity contribution in [1.82, 2.24) is 0 Å². The number of benzene rings is 1. The van der Waals surface area contributed by atoms with Crippen LogP contribution in [0.3, 0.4) is 0 Å². The SMILES string of the molecule is CCCCCCCCCCOc1ccc(C(=O)C2=CCCC=C2)cc1. The van der Waals surface area contributed by atoms with Gasteiger partial charge in [-0.1, -0.05) is 70.1 Å². The highest BCUT2D eigenvalue weighted by atomic mass is 16.5. The molecule has 0 fully saturated rings. The fourth-order valence-corrected chi connectivity index (χ4v) is 3.08. The number of allylic oxidation sites excluding steroid dienone is 4. The van der Waals surface area contributed by atoms with Crippen molar-refractivity contribution in [3.8, 4) is 5.75 Å². The Kier molecular flexibility index (Phi) is 9.11. The highest BCUT2D eigenvalue weighted by Crippen LogP contribution is 2.19. The second-order valence-electron chi connectivity index (χ2n) is 6.82. The van der Waals surface area contributed by atoms with Gasteiger partial charge in [-0.05, 0) is 43.5 Å². The van der Waals surface area contributed by atoms with Crippen LogP contribution in [0.5, 0.6) is 5.75 Å². The average molecular weight is 341 g/mol. The van der Waals surface area contributed by atoms with E-state index in [9.17, 15) is 4.79 Å². The molecule has 0 spiro atoms. The summed E-state index contributed by atoms with van der Waals surface area (Å²) >= 11 is 0. The lowest BCUT2D eigenvalue weighted by Crippen LogP contribution is -2.03. The van der Waals surface area contributed by atoms with Crippen LogP contribution < -0.4 is 4.74 Å². The van der Waals surface area contributed by atoms with Crippen LogP contribution in [-0.4, -0.2) is 12.4 Å². The number of carbonyl (C=O) groups excluding carboxylic acids is 1. The van der Waals surface area contributed by atoms with E-state index in [0.717, 1.165) is 42.8 Å². The second kappa shape index (κ2) is 11.7. The van der Waals surface area contributed by atoms with Crippen molar-refractivity contribution in [3.05, 3.63) is 53.6 Å². The summed E-state index contributed by atoms with van der Waals surface area (Å²) in [5.41, 5.74) is 1.54. The van der Waals surface area contributed by atoms with Gasteiger partial charge >= 0.3 is 0 Å². The lowest BCUT2D eigenvalue weighted by atomic mass is 9.98. The van der Waals surface area contributed by atoms with E-state index >= 15 is 0 Å². The summed E-state index contributed by atoms with van der Waals surface area (Å²) in [7, 11) is 0. The molecule has 136 valence electrons. The summed E-state index contributed by atoms with van der Waals surface area (Å²) in [4.78, 5) is 12.4. The Morgan fingerprint density at radius 3 is 2.24 bits per heavy atom. The highest BCUT2D eigenvalue weighted by Gasteiger charge is 2.11. The molecule has 0 bridgehead atoms. The first-order chi connectivity index (χ1) is 12.3. The van der Waals surface area contributed by atoms with Gasteiger partial charge in [-0.15, -0.1) is 0 Å². The molecule has 0 amide bonds. The van der Waals surface area contributed by atoms with Gasteiger partial charge in [-0.2, -0.15) is 0 Å². The van der Waals surface area contributed by atoms with Crippen LogP contribution >= 0.6 is 0 Å². The van der Waals surface area contributed by atoms with E-state index in [4.69, 9.17) is 4.74 Å². The topological polar surface area (TPSA) is 26.3 Å². The van der Waals surface area contributed by atoms with Gasteiger partial charge in [-0.25, -0.2) is 0 Å². The van der Waals surface area contributed by atoms with Crippen LogP contribution in [0, 0.1) is 0 Å². The maximum absolute atomic E-state index is 12.4. The van der Waals surface area contributed by atoms with Gasteiger partial charge in [-0.3, -0.25) is 4.79 Å². The second-order valence-corrected chi connectivity index (χ2v) is 6.82. The first-order valence-corrected chi connectivity index (χ1v) is 9.95. The van der Waals surface area contributed by atoms with Gasteiger partial charge in [0.1, 0.15) is 5.75 Å². The smallest absolute Gasteiger partial charge is 0.192 e. The first-order valence-electron chi connectivity index (χ1n) is 9.95. The Bertz CT molecular complexity index is 566. The van der Waals surface area contributed by atoms with Crippen molar-refractivity contribution in [2.24, 2.45) is 0 Å². The molecule has 0 aromatic heterocycles. The number of carbonyl (C=O) groups is 1. The number of unbranched alkanes of at least 4 members (excludes halogenated alkanes) is 7. The van der Waals surface area contributed by atoms with Crippen molar-refractivity contribution in [2.75, 3.05) is 6.61 Å². The summed E-state index contributed by atoms with van der Waals surface area (Å²) in [6.07, 6.45) is 18.4. The zero-order valence-corrected chi connectivity index (χ0v) is 15.6. The van der Waals surface area contributed by atoms with Gasteiger partial charge in [0.25, 0.3) is 0 Å². The predicted molar refractivity (Wildman–Crippen MR) is 105 cm³/mol. The number of hydrogen-bond acceptors (Lipinski definition) is 2. The molecule has 0 N–H and O–H groups in total. The maximum atomic E-state index is 12.4. The van der Waals surface area contributed by atoms with Crippen molar-refractivity contribution in [2.45, 2.75) is 71.1 Å². The lowest BCUT2D eigenvalue weighted by molar-refractivity contribution is 0.103. The summed E-state index contributed by atoms with van der Waals surface area (Å²) in [5, 5.41) is 0. The molecule has 0 heterocycles. The third-order valence-corrected chi connectivity index (χ3v) is 4.64. The molecule has 0 saturated heterocycles. The summed E-state index contributed by atoms with van der Waals surface area (Å²) < 4.78 is 5.79. The van der Waals surface area contributed by atoms with E-state index in [1.165, 1.54) is 44.9 Å². The lowest BCUT2D eigenvalue weighted by Gasteiger charge is -2.08. The Hall–Kier alpha value is -1.83. The minimum Gasteiger partial charge on any atom is -0.494 e. The normalized spacial score (nSPS) is 13.6. The van der Waals surface area contributed by atoms with Crippen LogP contribution in [0.1, 0.15) is 81.5 Å². The van der Waals surface area contributed by atoms with Gasteiger partial charge < -0.3 is 4.74 Å². The quantitative estimate of drug-likeness (QED) is 0.314. The monoisotopic (exact) mass is 340 g/mol. The zero-order valence-electron chi connectivity index (χ0n) is 15.6. The zero-order chi connectivity index (χ0) is 17.7. The van der Waals surface area contributed by atoms with E-state index in [1.807, 2.05) is 36.4 Å². The van der Waals surface area contributed by atoms with E-state index < -0.39 is 0 Å². The minimum atomic E-state index is 0.102. The number of ether oxygens (including phenoxy) is 1. The standard InChI is InChI=1S/C23H32O2/c1-2-3-4-5-6-7-8-12-19-25-22-17-15-21(16-18-22)23(24)20-13-10-9-11-14-20/h10,13-18H,2-9,11-12,19H2,1H3. The van der Waals surface area contributed by atoms with Crippen LogP contribution in [-0.2, 0) is 0 Å². The molecule has 25 heavy (non-hydrogen) atoms. The van der Waals surface area contributed by atoms with Crippen molar-refractivity contribution in [3.63, 3.8) is 0 Å². The fourth-order valence-electron chi connectivity index (χ4n) is 3.08. The largest absolute Gasteiger partial charge is 0.494 e. The number of ketones is 1. The molecule has 1 aromatic rings. The molecule has 2 rings (SSSR count). The molecule has 1 aromatic carbocycles. The molecular weight excluding hydrogens is 308 g/mol. The van der Waals surface area contributed by atoms with E-state index in [2.05, 4.69) is 13.0 Å². The van der Waals surface area contributed by atoms with Gasteiger partial charge in [0.05, 0.1) is 6.61 Å². The first kappa shape index (κ1) is 19.5. The van der Waals surface area contributed by atoms with Crippen LogP contribution in [0.15, 0.2) is 48.1 Å². The molecule has 2 nitrogen and oxygen atoms in total. The Morgan fingerprint density at radius 2 is 1.60 bits per heavy atom. The van der Waals surface area contributed by atoms with Crippen molar-refractivity contribution in [1.29, 1.82) is 0 Å². The molecule has 0 radical (unpaired) electrons. The molecule has 0 atom stereocenters. The number of Topliss-reactive ketones (excluding diaryl/α,β-unsaturated/α-hetero) is 1. The summed E-state index contributed by atoms with van der Waals surface area (Å²) in [5.74, 6) is 0.957. The molecule has 2 heteroatoms. The molecule has 1 aliphatic carbocycles. The Balaban J connectivity index is 1.63. The number of rotatable bonds is 12. The van der Waals surface area contributed by atoms with Crippen LogP contribution in [0.4, 0.5) is 0 Å². The summed E-state index contributed by atoms with van der Waals surface area (Å²) in [6, 6.07) is 7.56. The molecule has 0 unspecified atom stereocenters. The Morgan fingerprint density at radius 1 is 0.920 bits per heavy atom. The van der Waals surface area contributed by atoms with Crippen molar-refractivity contribution >= 4 is 5.78 Å². The van der Waals surface area contributed by atoms with Crippen molar-refractivity contribution < 1.29 is 9.53 Å². The Labute approximate surface area is 153 Å². The third-order valence-electron chi connectivity index (χ3n) is 4.64. The minimum absolute atomic E-state index is 0.102. The van der Waals surface area contributed by atoms with E-state index in [0.29, 0.717) is 0 Å². The highest BCUT2D eigenvalue weighted by molar-refractivity contribution is 6.10. The fraction of sp³-hybridized carbons (Fsp3) is 0.522. The molecule has 0 aliphatic heterocycles. The van der Waals surface area contributed by atoms with Gasteiger partial charge in [0.2, 0.25) is 0 Å². The third kappa shape index (κ3) is 7.29. The van der Waals surface area contributed by atoms with Gasteiger partial charge in [0, 0.05) is 11.1 Å². The predicted octanol–water partition coefficient (Wildman–Crippen LogP) is 6.67. The molecule has 1 aliphatic rings. The van der Waals surface area contributed by atoms with Crippen LogP contribution in [0.25, 0.3) is 0 Å². The molecular formula is C23H32O2. The van der Waals surface area contributed by atoms with E-state index in [-0.39, 0.29) is 5.78 Å².